The van der Waals surface area contributed by atoms with Crippen molar-refractivity contribution >= 4 is 5.69 Å². The van der Waals surface area contributed by atoms with Crippen molar-refractivity contribution in [2.45, 2.75) is 6.92 Å². The molecule has 0 aromatic heterocycles. The first kappa shape index (κ1) is 13.7. The van der Waals surface area contributed by atoms with Crippen molar-refractivity contribution in [3.63, 3.8) is 0 Å². The summed E-state index contributed by atoms with van der Waals surface area (Å²) in [6, 6.07) is 6.48. The predicted molar refractivity (Wildman–Crippen MR) is 82.8 cm³/mol. The molecular weight excluding hydrogens is 250 g/mol. The summed E-state index contributed by atoms with van der Waals surface area (Å²) in [5, 5.41) is 0. The second-order valence-electron chi connectivity index (χ2n) is 5.95. The minimum atomic E-state index is 0.804. The summed E-state index contributed by atoms with van der Waals surface area (Å²) in [4.78, 5) is 7.46. The third-order valence-corrected chi connectivity index (χ3v) is 4.36. The SMILES string of the molecule is Cc1ccc2c(c1)N(CCN1CCN(C)CC1)CCO2. The first-order valence-electron chi connectivity index (χ1n) is 7.62. The monoisotopic (exact) mass is 275 g/mol. The van der Waals surface area contributed by atoms with Crippen LogP contribution in [0.15, 0.2) is 18.2 Å². The molecule has 0 radical (unpaired) electrons. The topological polar surface area (TPSA) is 19.0 Å². The maximum absolute atomic E-state index is 5.75. The Hall–Kier alpha value is -1.26. The second kappa shape index (κ2) is 6.02. The summed E-state index contributed by atoms with van der Waals surface area (Å²) in [6.07, 6.45) is 0. The summed E-state index contributed by atoms with van der Waals surface area (Å²) >= 11 is 0. The highest BCUT2D eigenvalue weighted by Gasteiger charge is 2.20. The molecule has 2 heterocycles. The van der Waals surface area contributed by atoms with Crippen LogP contribution >= 0.6 is 0 Å². The van der Waals surface area contributed by atoms with Crippen molar-refractivity contribution in [1.82, 2.24) is 9.80 Å². The van der Waals surface area contributed by atoms with Crippen molar-refractivity contribution in [2.75, 3.05) is 64.4 Å². The molecule has 0 atom stereocenters. The number of aryl methyl sites for hydroxylation is 1. The molecule has 1 aromatic carbocycles. The Balaban J connectivity index is 1.60. The Morgan fingerprint density at radius 3 is 2.65 bits per heavy atom. The van der Waals surface area contributed by atoms with E-state index in [-0.39, 0.29) is 0 Å². The molecule has 0 spiro atoms. The number of nitrogens with zero attached hydrogens (tertiary/aromatic N) is 3. The molecule has 0 bridgehead atoms. The van der Waals surface area contributed by atoms with Gasteiger partial charge in [-0.25, -0.2) is 0 Å². The molecule has 0 aliphatic carbocycles. The molecule has 2 aliphatic heterocycles. The van der Waals surface area contributed by atoms with Gasteiger partial charge in [-0.05, 0) is 31.7 Å². The molecule has 1 fully saturated rings. The molecule has 1 saturated heterocycles. The minimum absolute atomic E-state index is 0.804. The number of rotatable bonds is 3. The molecule has 20 heavy (non-hydrogen) atoms. The van der Waals surface area contributed by atoms with Crippen LogP contribution in [-0.4, -0.2) is 69.3 Å². The molecule has 2 aliphatic rings. The van der Waals surface area contributed by atoms with E-state index >= 15 is 0 Å². The summed E-state index contributed by atoms with van der Waals surface area (Å²) in [6.45, 7) is 11.0. The van der Waals surface area contributed by atoms with Crippen molar-refractivity contribution in [3.8, 4) is 5.75 Å². The number of likely N-dealkylation sites (N-methyl/N-ethyl adjacent to an activating group) is 1. The molecule has 0 unspecified atom stereocenters. The highest BCUT2D eigenvalue weighted by molar-refractivity contribution is 5.61. The third kappa shape index (κ3) is 3.07. The van der Waals surface area contributed by atoms with Crippen molar-refractivity contribution in [3.05, 3.63) is 23.8 Å². The fraction of sp³-hybridized carbons (Fsp3) is 0.625. The van der Waals surface area contributed by atoms with Crippen molar-refractivity contribution in [2.24, 2.45) is 0 Å². The number of hydrogen-bond donors (Lipinski definition) is 0. The van der Waals surface area contributed by atoms with Gasteiger partial charge in [-0.1, -0.05) is 6.07 Å². The van der Waals surface area contributed by atoms with Gasteiger partial charge in [0.1, 0.15) is 12.4 Å². The average molecular weight is 275 g/mol. The second-order valence-corrected chi connectivity index (χ2v) is 5.95. The van der Waals surface area contributed by atoms with E-state index in [2.05, 4.69) is 46.9 Å². The van der Waals surface area contributed by atoms with E-state index in [0.29, 0.717) is 0 Å². The van der Waals surface area contributed by atoms with Gasteiger partial charge >= 0.3 is 0 Å². The standard InChI is InChI=1S/C16H25N3O/c1-14-3-4-16-15(13-14)19(11-12-20-16)10-9-18-7-5-17(2)6-8-18/h3-4,13H,5-12H2,1-2H3. The van der Waals surface area contributed by atoms with Crippen molar-refractivity contribution < 1.29 is 4.74 Å². The van der Waals surface area contributed by atoms with E-state index in [4.69, 9.17) is 4.74 Å². The normalized spacial score (nSPS) is 20.6. The van der Waals surface area contributed by atoms with Crippen LogP contribution < -0.4 is 9.64 Å². The van der Waals surface area contributed by atoms with Gasteiger partial charge in [-0.15, -0.1) is 0 Å². The molecule has 3 rings (SSSR count). The largest absolute Gasteiger partial charge is 0.490 e. The number of piperazine rings is 1. The van der Waals surface area contributed by atoms with Crippen LogP contribution in [0.5, 0.6) is 5.75 Å². The number of ether oxygens (including phenoxy) is 1. The van der Waals surface area contributed by atoms with E-state index in [9.17, 15) is 0 Å². The predicted octanol–water partition coefficient (Wildman–Crippen LogP) is 1.44. The molecule has 1 aromatic rings. The van der Waals surface area contributed by atoms with Crippen LogP contribution in [0.3, 0.4) is 0 Å². The van der Waals surface area contributed by atoms with Gasteiger partial charge in [0, 0.05) is 39.3 Å². The van der Waals surface area contributed by atoms with Crippen LogP contribution in [0.4, 0.5) is 5.69 Å². The fourth-order valence-electron chi connectivity index (χ4n) is 2.95. The summed E-state index contributed by atoms with van der Waals surface area (Å²) in [5.74, 6) is 1.04. The van der Waals surface area contributed by atoms with Crippen LogP contribution in [0, 0.1) is 6.92 Å². The highest BCUT2D eigenvalue weighted by atomic mass is 16.5. The van der Waals surface area contributed by atoms with Crippen LogP contribution in [0.25, 0.3) is 0 Å². The maximum atomic E-state index is 5.75. The van der Waals surface area contributed by atoms with Crippen LogP contribution in [-0.2, 0) is 0 Å². The number of fused-ring (bicyclic) bond motifs is 1. The smallest absolute Gasteiger partial charge is 0.142 e. The molecular formula is C16H25N3O. The lowest BCUT2D eigenvalue weighted by Crippen LogP contribution is -2.47. The number of benzene rings is 1. The Labute approximate surface area is 121 Å². The molecule has 0 amide bonds. The van der Waals surface area contributed by atoms with E-state index in [0.717, 1.165) is 32.0 Å². The van der Waals surface area contributed by atoms with Gasteiger partial charge in [-0.3, -0.25) is 4.90 Å². The van der Waals surface area contributed by atoms with Gasteiger partial charge < -0.3 is 14.5 Å². The van der Waals surface area contributed by atoms with Crippen LogP contribution in [0.2, 0.25) is 0 Å². The zero-order valence-corrected chi connectivity index (χ0v) is 12.6. The third-order valence-electron chi connectivity index (χ3n) is 4.36. The lowest BCUT2D eigenvalue weighted by atomic mass is 10.1. The summed E-state index contributed by atoms with van der Waals surface area (Å²) < 4.78 is 5.75. The van der Waals surface area contributed by atoms with E-state index in [1.165, 1.54) is 37.4 Å². The Kier molecular flexibility index (Phi) is 4.13. The van der Waals surface area contributed by atoms with Gasteiger partial charge in [-0.2, -0.15) is 0 Å². The molecule has 0 N–H and O–H groups in total. The maximum Gasteiger partial charge on any atom is 0.142 e. The van der Waals surface area contributed by atoms with Gasteiger partial charge in [0.2, 0.25) is 0 Å². The van der Waals surface area contributed by atoms with E-state index in [1.807, 2.05) is 0 Å². The molecule has 110 valence electrons. The zero-order valence-electron chi connectivity index (χ0n) is 12.6. The van der Waals surface area contributed by atoms with Gasteiger partial charge in [0.05, 0.1) is 12.2 Å². The van der Waals surface area contributed by atoms with Gasteiger partial charge in [0.15, 0.2) is 0 Å². The zero-order chi connectivity index (χ0) is 13.9. The van der Waals surface area contributed by atoms with Crippen LogP contribution in [0.1, 0.15) is 5.56 Å². The average Bonchev–Trinajstić information content (AvgIpc) is 2.47. The lowest BCUT2D eigenvalue weighted by Gasteiger charge is -2.36. The first-order chi connectivity index (χ1) is 9.72. The lowest BCUT2D eigenvalue weighted by molar-refractivity contribution is 0.156. The first-order valence-corrected chi connectivity index (χ1v) is 7.62. The minimum Gasteiger partial charge on any atom is -0.490 e. The fourth-order valence-corrected chi connectivity index (χ4v) is 2.95. The summed E-state index contributed by atoms with van der Waals surface area (Å²) in [5.41, 5.74) is 2.57. The van der Waals surface area contributed by atoms with E-state index in [1.54, 1.807) is 0 Å². The number of hydrogen-bond acceptors (Lipinski definition) is 4. The summed E-state index contributed by atoms with van der Waals surface area (Å²) in [7, 11) is 2.21. The van der Waals surface area contributed by atoms with Gasteiger partial charge in [0.25, 0.3) is 0 Å². The number of anilines is 1. The Morgan fingerprint density at radius 1 is 1.05 bits per heavy atom. The van der Waals surface area contributed by atoms with Crippen molar-refractivity contribution in [1.29, 1.82) is 0 Å². The molecule has 0 saturated carbocycles. The quantitative estimate of drug-likeness (QED) is 0.831. The Bertz CT molecular complexity index is 455. The highest BCUT2D eigenvalue weighted by Crippen LogP contribution is 2.32. The van der Waals surface area contributed by atoms with E-state index < -0.39 is 0 Å². The Morgan fingerprint density at radius 2 is 1.85 bits per heavy atom. The molecule has 4 nitrogen and oxygen atoms in total. The molecule has 4 heteroatoms.